The lowest BCUT2D eigenvalue weighted by molar-refractivity contribution is 0.105. The van der Waals surface area contributed by atoms with Gasteiger partial charge in [-0.3, -0.25) is 9.80 Å². The summed E-state index contributed by atoms with van der Waals surface area (Å²) in [7, 11) is 0. The fourth-order valence-electron chi connectivity index (χ4n) is 4.59. The number of hydrogen-bond donors (Lipinski definition) is 1. The van der Waals surface area contributed by atoms with Gasteiger partial charge in [0.25, 0.3) is 0 Å². The highest BCUT2D eigenvalue weighted by Crippen LogP contribution is 2.30. The molecule has 0 amide bonds. The molecule has 3 aromatic carbocycles. The number of nitrogens with one attached hydrogen (secondary N) is 1. The number of benzene rings is 3. The molecule has 0 atom stereocenters. The van der Waals surface area contributed by atoms with Crippen LogP contribution in [0.5, 0.6) is 0 Å². The number of para-hydroxylation sites is 1. The third-order valence-corrected chi connectivity index (χ3v) is 6.21. The quantitative estimate of drug-likeness (QED) is 0.473. The van der Waals surface area contributed by atoms with Crippen LogP contribution < -0.4 is 0 Å². The van der Waals surface area contributed by atoms with Crippen LogP contribution in [-0.4, -0.2) is 41.0 Å². The van der Waals surface area contributed by atoms with Gasteiger partial charge in [0, 0.05) is 49.8 Å². The highest BCUT2D eigenvalue weighted by molar-refractivity contribution is 5.82. The number of halogens is 2. The Labute approximate surface area is 180 Å². The number of nitrogens with zero attached hydrogens (tertiary/aromatic N) is 2. The Kier molecular flexibility index (Phi) is 5.53. The van der Waals surface area contributed by atoms with Crippen LogP contribution in [0.25, 0.3) is 10.9 Å². The first-order valence-corrected chi connectivity index (χ1v) is 10.7. The highest BCUT2D eigenvalue weighted by Gasteiger charge is 2.27. The van der Waals surface area contributed by atoms with Gasteiger partial charge in [0.2, 0.25) is 0 Å². The van der Waals surface area contributed by atoms with Crippen molar-refractivity contribution in [1.82, 2.24) is 14.8 Å². The van der Waals surface area contributed by atoms with Gasteiger partial charge >= 0.3 is 0 Å². The first-order chi connectivity index (χ1) is 15.2. The molecule has 0 radical (unpaired) electrons. The molecule has 0 saturated carbocycles. The summed E-state index contributed by atoms with van der Waals surface area (Å²) >= 11 is 0. The van der Waals surface area contributed by atoms with Gasteiger partial charge in [0.15, 0.2) is 0 Å². The second-order valence-corrected chi connectivity index (χ2v) is 8.18. The second-order valence-electron chi connectivity index (χ2n) is 8.18. The van der Waals surface area contributed by atoms with Crippen LogP contribution in [0.2, 0.25) is 0 Å². The Morgan fingerprint density at radius 3 is 1.94 bits per heavy atom. The maximum Gasteiger partial charge on any atom is 0.123 e. The number of rotatable bonds is 5. The van der Waals surface area contributed by atoms with E-state index in [1.54, 1.807) is 0 Å². The molecule has 1 fully saturated rings. The normalized spacial score (nSPS) is 15.7. The van der Waals surface area contributed by atoms with Crippen LogP contribution in [0.3, 0.4) is 0 Å². The molecule has 1 aromatic heterocycles. The van der Waals surface area contributed by atoms with Gasteiger partial charge < -0.3 is 4.98 Å². The molecule has 1 aliphatic rings. The largest absolute Gasteiger partial charge is 0.361 e. The van der Waals surface area contributed by atoms with Crippen molar-refractivity contribution in [2.45, 2.75) is 12.6 Å². The lowest BCUT2D eigenvalue weighted by atomic mass is 9.96. The van der Waals surface area contributed by atoms with Crippen molar-refractivity contribution in [1.29, 1.82) is 0 Å². The molecule has 0 bridgehead atoms. The van der Waals surface area contributed by atoms with E-state index in [1.165, 1.54) is 40.7 Å². The van der Waals surface area contributed by atoms with Crippen LogP contribution in [-0.2, 0) is 6.54 Å². The lowest BCUT2D eigenvalue weighted by Crippen LogP contribution is -2.47. The van der Waals surface area contributed by atoms with E-state index in [4.69, 9.17) is 0 Å². The summed E-state index contributed by atoms with van der Waals surface area (Å²) in [5.74, 6) is -0.490. The maximum atomic E-state index is 13.5. The van der Waals surface area contributed by atoms with Crippen molar-refractivity contribution in [3.8, 4) is 0 Å². The maximum absolute atomic E-state index is 13.5. The smallest absolute Gasteiger partial charge is 0.123 e. The topological polar surface area (TPSA) is 22.3 Å². The average molecular weight is 418 g/mol. The van der Waals surface area contributed by atoms with Crippen LogP contribution >= 0.6 is 0 Å². The molecule has 5 rings (SSSR count). The van der Waals surface area contributed by atoms with E-state index in [0.717, 1.165) is 43.9 Å². The number of aromatic amines is 1. The minimum absolute atomic E-state index is 0.0172. The van der Waals surface area contributed by atoms with E-state index in [1.807, 2.05) is 30.3 Å². The average Bonchev–Trinajstić information content (AvgIpc) is 3.20. The van der Waals surface area contributed by atoms with Gasteiger partial charge in [-0.25, -0.2) is 8.78 Å². The minimum atomic E-state index is -0.245. The van der Waals surface area contributed by atoms with Crippen LogP contribution in [0.4, 0.5) is 8.78 Å². The molecule has 3 nitrogen and oxygen atoms in total. The predicted octanol–water partition coefficient (Wildman–Crippen LogP) is 5.35. The van der Waals surface area contributed by atoms with Gasteiger partial charge in [-0.15, -0.1) is 0 Å². The molecule has 1 saturated heterocycles. The van der Waals surface area contributed by atoms with Gasteiger partial charge in [-0.1, -0.05) is 42.5 Å². The number of aromatic nitrogens is 1. The van der Waals surface area contributed by atoms with E-state index in [0.29, 0.717) is 0 Å². The summed E-state index contributed by atoms with van der Waals surface area (Å²) in [6.07, 6.45) is 2.11. The molecule has 0 aliphatic carbocycles. The molecule has 1 aliphatic heterocycles. The fraction of sp³-hybridized carbons (Fsp3) is 0.231. The van der Waals surface area contributed by atoms with Gasteiger partial charge in [0.05, 0.1) is 6.04 Å². The van der Waals surface area contributed by atoms with Gasteiger partial charge in [0.1, 0.15) is 11.6 Å². The van der Waals surface area contributed by atoms with E-state index in [2.05, 4.69) is 39.2 Å². The summed E-state index contributed by atoms with van der Waals surface area (Å²) in [4.78, 5) is 8.24. The first kappa shape index (κ1) is 19.9. The number of fused-ring (bicyclic) bond motifs is 1. The van der Waals surface area contributed by atoms with Crippen molar-refractivity contribution in [3.05, 3.63) is 107 Å². The van der Waals surface area contributed by atoms with Gasteiger partial charge in [-0.2, -0.15) is 0 Å². The van der Waals surface area contributed by atoms with E-state index in [9.17, 15) is 8.78 Å². The monoisotopic (exact) mass is 417 g/mol. The van der Waals surface area contributed by atoms with Crippen LogP contribution in [0.1, 0.15) is 22.7 Å². The van der Waals surface area contributed by atoms with Crippen molar-refractivity contribution < 1.29 is 8.78 Å². The van der Waals surface area contributed by atoms with Crippen molar-refractivity contribution in [2.75, 3.05) is 26.2 Å². The molecule has 5 heteroatoms. The standard InChI is InChI=1S/C26H25F2N3/c27-22-9-5-19(6-10-22)26(20-7-11-23(28)12-8-20)31-15-13-30(14-16-31)18-21-17-29-25-4-2-1-3-24(21)25/h1-12,17,26,29H,13-16,18H2. The molecule has 158 valence electrons. The Morgan fingerprint density at radius 1 is 0.742 bits per heavy atom. The van der Waals surface area contributed by atoms with E-state index in [-0.39, 0.29) is 17.7 Å². The predicted molar refractivity (Wildman–Crippen MR) is 120 cm³/mol. The Hall–Kier alpha value is -3.02. The van der Waals surface area contributed by atoms with E-state index >= 15 is 0 Å². The Balaban J connectivity index is 1.33. The lowest BCUT2D eigenvalue weighted by Gasteiger charge is -2.39. The van der Waals surface area contributed by atoms with Crippen LogP contribution in [0.15, 0.2) is 79.0 Å². The molecule has 31 heavy (non-hydrogen) atoms. The number of hydrogen-bond acceptors (Lipinski definition) is 2. The zero-order chi connectivity index (χ0) is 21.2. The van der Waals surface area contributed by atoms with Crippen molar-refractivity contribution in [2.24, 2.45) is 0 Å². The summed E-state index contributed by atoms with van der Waals surface area (Å²) < 4.78 is 27.0. The molecule has 4 aromatic rings. The zero-order valence-corrected chi connectivity index (χ0v) is 17.3. The molecule has 2 heterocycles. The first-order valence-electron chi connectivity index (χ1n) is 10.7. The molecular formula is C26H25F2N3. The van der Waals surface area contributed by atoms with E-state index < -0.39 is 0 Å². The summed E-state index contributed by atoms with van der Waals surface area (Å²) in [5, 5.41) is 1.28. The summed E-state index contributed by atoms with van der Waals surface area (Å²) in [6, 6.07) is 21.7. The Bertz CT molecular complexity index is 1100. The zero-order valence-electron chi connectivity index (χ0n) is 17.3. The second kappa shape index (κ2) is 8.61. The minimum Gasteiger partial charge on any atom is -0.361 e. The Morgan fingerprint density at radius 2 is 1.32 bits per heavy atom. The number of piperazine rings is 1. The highest BCUT2D eigenvalue weighted by atomic mass is 19.1. The van der Waals surface area contributed by atoms with Crippen molar-refractivity contribution in [3.63, 3.8) is 0 Å². The number of H-pyrrole nitrogens is 1. The van der Waals surface area contributed by atoms with Gasteiger partial charge in [-0.05, 0) is 47.0 Å². The SMILES string of the molecule is Fc1ccc(C(c2ccc(F)cc2)N2CCN(Cc3c[nH]c4ccccc34)CC2)cc1. The van der Waals surface area contributed by atoms with Crippen LogP contribution in [0, 0.1) is 11.6 Å². The molecule has 0 unspecified atom stereocenters. The molecular weight excluding hydrogens is 392 g/mol. The third-order valence-electron chi connectivity index (χ3n) is 6.21. The fourth-order valence-corrected chi connectivity index (χ4v) is 4.59. The molecule has 1 N–H and O–H groups in total. The molecule has 0 spiro atoms. The van der Waals surface area contributed by atoms with Crippen molar-refractivity contribution >= 4 is 10.9 Å². The summed E-state index contributed by atoms with van der Waals surface area (Å²) in [5.41, 5.74) is 4.54. The summed E-state index contributed by atoms with van der Waals surface area (Å²) in [6.45, 7) is 4.58. The third kappa shape index (κ3) is 4.24.